The van der Waals surface area contributed by atoms with Gasteiger partial charge < -0.3 is 15.4 Å². The molecule has 1 aromatic heterocycles. The number of morpholine rings is 1. The van der Waals surface area contributed by atoms with Gasteiger partial charge in [-0.1, -0.05) is 30.3 Å². The summed E-state index contributed by atoms with van der Waals surface area (Å²) in [5, 5.41) is 1.87. The summed E-state index contributed by atoms with van der Waals surface area (Å²) in [6.45, 7) is 2.58. The van der Waals surface area contributed by atoms with Crippen molar-refractivity contribution in [3.05, 3.63) is 73.1 Å². The first-order valence-electron chi connectivity index (χ1n) is 10.3. The zero-order chi connectivity index (χ0) is 22.1. The normalized spacial score (nSPS) is 14.6. The highest BCUT2D eigenvalue weighted by molar-refractivity contribution is 7.91. The molecule has 0 atom stereocenters. The number of nitrogen functional groups attached to an aromatic ring is 1. The molecule has 0 saturated carbocycles. The molecule has 0 amide bonds. The van der Waals surface area contributed by atoms with Gasteiger partial charge in [0.25, 0.3) is 0 Å². The molecule has 32 heavy (non-hydrogen) atoms. The predicted octanol–water partition coefficient (Wildman–Crippen LogP) is 3.55. The predicted molar refractivity (Wildman–Crippen MR) is 124 cm³/mol. The molecule has 7 nitrogen and oxygen atoms in total. The van der Waals surface area contributed by atoms with E-state index < -0.39 is 9.84 Å². The first-order chi connectivity index (χ1) is 15.5. The standard InChI is InChI=1S/C24H22N4O3S/c25-24-26-15-20(16-27-24)19-11-21(28-7-9-31-10-8-28)14-23(13-19)32(29,30)22-6-5-17-3-1-2-4-18(17)12-22/h1-6,11-16H,7-10H2,(H2,25,26,27). The van der Waals surface area contributed by atoms with Crippen LogP contribution in [0, 0.1) is 0 Å². The Labute approximate surface area is 186 Å². The molecule has 1 saturated heterocycles. The summed E-state index contributed by atoms with van der Waals surface area (Å²) in [6.07, 6.45) is 3.21. The second-order valence-corrected chi connectivity index (χ2v) is 9.61. The van der Waals surface area contributed by atoms with Crippen LogP contribution in [0.5, 0.6) is 0 Å². The van der Waals surface area contributed by atoms with Crippen LogP contribution in [-0.2, 0) is 14.6 Å². The van der Waals surface area contributed by atoms with Crippen LogP contribution in [0.4, 0.5) is 11.6 Å². The molecule has 3 aromatic carbocycles. The van der Waals surface area contributed by atoms with Gasteiger partial charge in [-0.25, -0.2) is 18.4 Å². The van der Waals surface area contributed by atoms with E-state index >= 15 is 0 Å². The number of nitrogens with two attached hydrogens (primary N) is 1. The Hall–Kier alpha value is -3.49. The van der Waals surface area contributed by atoms with E-state index in [4.69, 9.17) is 10.5 Å². The molecule has 162 valence electrons. The van der Waals surface area contributed by atoms with Crippen molar-refractivity contribution < 1.29 is 13.2 Å². The Morgan fingerprint density at radius 2 is 1.53 bits per heavy atom. The highest BCUT2D eigenvalue weighted by Crippen LogP contribution is 2.32. The molecular formula is C24H22N4O3S. The van der Waals surface area contributed by atoms with E-state index in [9.17, 15) is 8.42 Å². The van der Waals surface area contributed by atoms with Gasteiger partial charge in [-0.05, 0) is 46.7 Å². The summed E-state index contributed by atoms with van der Waals surface area (Å²) >= 11 is 0. The van der Waals surface area contributed by atoms with Gasteiger partial charge in [-0.2, -0.15) is 0 Å². The zero-order valence-electron chi connectivity index (χ0n) is 17.3. The molecule has 1 fully saturated rings. The molecule has 1 aliphatic heterocycles. The number of anilines is 2. The maximum atomic E-state index is 13.7. The number of rotatable bonds is 4. The van der Waals surface area contributed by atoms with Crippen LogP contribution in [0.25, 0.3) is 21.9 Å². The number of benzene rings is 3. The quantitative estimate of drug-likeness (QED) is 0.512. The number of aromatic nitrogens is 2. The third kappa shape index (κ3) is 3.90. The van der Waals surface area contributed by atoms with Crippen molar-refractivity contribution in [2.45, 2.75) is 9.79 Å². The highest BCUT2D eigenvalue weighted by atomic mass is 32.2. The molecule has 8 heteroatoms. The zero-order valence-corrected chi connectivity index (χ0v) is 18.1. The lowest BCUT2D eigenvalue weighted by Crippen LogP contribution is -2.36. The molecule has 0 radical (unpaired) electrons. The molecule has 2 N–H and O–H groups in total. The van der Waals surface area contributed by atoms with Gasteiger partial charge in [0.2, 0.25) is 15.8 Å². The summed E-state index contributed by atoms with van der Waals surface area (Å²) in [6, 6.07) is 18.3. The SMILES string of the molecule is Nc1ncc(-c2cc(N3CCOCC3)cc(S(=O)(=O)c3ccc4ccccc4c3)c2)cn1. The van der Waals surface area contributed by atoms with Crippen LogP contribution in [0.1, 0.15) is 0 Å². The molecule has 0 aliphatic carbocycles. The lowest BCUT2D eigenvalue weighted by molar-refractivity contribution is 0.122. The topological polar surface area (TPSA) is 98.4 Å². The van der Waals surface area contributed by atoms with Gasteiger partial charge in [0, 0.05) is 36.7 Å². The van der Waals surface area contributed by atoms with Crippen molar-refractivity contribution in [1.29, 1.82) is 0 Å². The molecule has 5 rings (SSSR count). The Kier molecular flexibility index (Phi) is 5.24. The first kappa shape index (κ1) is 20.4. The van der Waals surface area contributed by atoms with Gasteiger partial charge in [0.1, 0.15) is 0 Å². The lowest BCUT2D eigenvalue weighted by Gasteiger charge is -2.29. The summed E-state index contributed by atoms with van der Waals surface area (Å²) in [5.74, 6) is 0.169. The number of ether oxygens (including phenoxy) is 1. The largest absolute Gasteiger partial charge is 0.378 e. The number of sulfone groups is 1. The minimum atomic E-state index is -3.75. The van der Waals surface area contributed by atoms with Crippen molar-refractivity contribution in [3.63, 3.8) is 0 Å². The number of hydrogen-bond acceptors (Lipinski definition) is 7. The van der Waals surface area contributed by atoms with Crippen LogP contribution in [0.2, 0.25) is 0 Å². The van der Waals surface area contributed by atoms with Crippen LogP contribution in [0.3, 0.4) is 0 Å². The number of fused-ring (bicyclic) bond motifs is 1. The van der Waals surface area contributed by atoms with E-state index in [2.05, 4.69) is 14.9 Å². The van der Waals surface area contributed by atoms with E-state index in [1.807, 2.05) is 36.4 Å². The van der Waals surface area contributed by atoms with Crippen molar-refractivity contribution in [2.24, 2.45) is 0 Å². The molecule has 4 aromatic rings. The minimum Gasteiger partial charge on any atom is -0.378 e. The Morgan fingerprint density at radius 1 is 0.812 bits per heavy atom. The van der Waals surface area contributed by atoms with Gasteiger partial charge >= 0.3 is 0 Å². The maximum Gasteiger partial charge on any atom is 0.219 e. The van der Waals surface area contributed by atoms with Crippen LogP contribution < -0.4 is 10.6 Å². The first-order valence-corrected chi connectivity index (χ1v) is 11.8. The highest BCUT2D eigenvalue weighted by Gasteiger charge is 2.22. The lowest BCUT2D eigenvalue weighted by atomic mass is 10.1. The fourth-order valence-electron chi connectivity index (χ4n) is 3.87. The third-order valence-corrected chi connectivity index (χ3v) is 7.35. The van der Waals surface area contributed by atoms with E-state index in [1.54, 1.807) is 36.7 Å². The van der Waals surface area contributed by atoms with E-state index in [0.29, 0.717) is 37.4 Å². The summed E-state index contributed by atoms with van der Waals surface area (Å²) < 4.78 is 32.8. The van der Waals surface area contributed by atoms with Crippen molar-refractivity contribution in [2.75, 3.05) is 36.9 Å². The second-order valence-electron chi connectivity index (χ2n) is 7.66. The molecule has 1 aliphatic rings. The fourth-order valence-corrected chi connectivity index (χ4v) is 5.23. The summed E-state index contributed by atoms with van der Waals surface area (Å²) in [7, 11) is -3.75. The maximum absolute atomic E-state index is 13.7. The van der Waals surface area contributed by atoms with E-state index in [-0.39, 0.29) is 15.7 Å². The van der Waals surface area contributed by atoms with Crippen LogP contribution in [-0.4, -0.2) is 44.7 Å². The molecule has 2 heterocycles. The summed E-state index contributed by atoms with van der Waals surface area (Å²) in [5.41, 5.74) is 7.87. The molecule has 0 bridgehead atoms. The third-order valence-electron chi connectivity index (χ3n) is 5.61. The van der Waals surface area contributed by atoms with Gasteiger partial charge in [0.15, 0.2) is 0 Å². The molecule has 0 unspecified atom stereocenters. The summed E-state index contributed by atoms with van der Waals surface area (Å²) in [4.78, 5) is 10.7. The average Bonchev–Trinajstić information content (AvgIpc) is 2.84. The van der Waals surface area contributed by atoms with Crippen molar-refractivity contribution in [3.8, 4) is 11.1 Å². The number of nitrogens with zero attached hydrogens (tertiary/aromatic N) is 3. The van der Waals surface area contributed by atoms with Crippen LogP contribution >= 0.6 is 0 Å². The Bertz CT molecular complexity index is 1380. The van der Waals surface area contributed by atoms with E-state index in [0.717, 1.165) is 16.5 Å². The van der Waals surface area contributed by atoms with Crippen molar-refractivity contribution in [1.82, 2.24) is 9.97 Å². The average molecular weight is 447 g/mol. The smallest absolute Gasteiger partial charge is 0.219 e. The molecule has 0 spiro atoms. The van der Waals surface area contributed by atoms with Crippen LogP contribution in [0.15, 0.2) is 82.8 Å². The van der Waals surface area contributed by atoms with Gasteiger partial charge in [-0.3, -0.25) is 0 Å². The molecular weight excluding hydrogens is 424 g/mol. The van der Waals surface area contributed by atoms with Gasteiger partial charge in [-0.15, -0.1) is 0 Å². The monoisotopic (exact) mass is 446 g/mol. The number of hydrogen-bond donors (Lipinski definition) is 1. The minimum absolute atomic E-state index is 0.169. The second kappa shape index (κ2) is 8.22. The van der Waals surface area contributed by atoms with Crippen molar-refractivity contribution >= 4 is 32.2 Å². The Morgan fingerprint density at radius 3 is 2.28 bits per heavy atom. The van der Waals surface area contributed by atoms with Gasteiger partial charge in [0.05, 0.1) is 23.0 Å². The Balaban J connectivity index is 1.65. The van der Waals surface area contributed by atoms with E-state index in [1.165, 1.54) is 0 Å². The fraction of sp³-hybridized carbons (Fsp3) is 0.167.